The Bertz CT molecular complexity index is 1000. The number of carbonyl (C=O) groups is 2. The van der Waals surface area contributed by atoms with Gasteiger partial charge in [0.1, 0.15) is 16.5 Å². The van der Waals surface area contributed by atoms with E-state index in [2.05, 4.69) is 20.8 Å². The summed E-state index contributed by atoms with van der Waals surface area (Å²) in [5.41, 5.74) is 1.55. The standard InChI is InChI=1S/C21H22N4O4S/c1-28-16-8-6-14(7-9-16)12-19-24-25-21(30-19)23-18(26)10-11-22-20(27)15-4-3-5-17(13-15)29-2/h3-9,13H,10-12H2,1-2H3,(H,22,27)(H,23,25,26). The van der Waals surface area contributed by atoms with E-state index < -0.39 is 0 Å². The van der Waals surface area contributed by atoms with E-state index in [1.54, 1.807) is 31.4 Å². The van der Waals surface area contributed by atoms with Gasteiger partial charge in [0.05, 0.1) is 14.2 Å². The van der Waals surface area contributed by atoms with Crippen LogP contribution in [0, 0.1) is 0 Å². The molecule has 0 atom stereocenters. The van der Waals surface area contributed by atoms with Gasteiger partial charge in [-0.1, -0.05) is 29.5 Å². The van der Waals surface area contributed by atoms with Crippen LogP contribution in [0.3, 0.4) is 0 Å². The number of ether oxygens (including phenoxy) is 2. The van der Waals surface area contributed by atoms with Crippen molar-refractivity contribution < 1.29 is 19.1 Å². The third-order valence-corrected chi connectivity index (χ3v) is 5.04. The molecular weight excluding hydrogens is 404 g/mol. The number of carbonyl (C=O) groups excluding carboxylic acids is 2. The second kappa shape index (κ2) is 10.4. The van der Waals surface area contributed by atoms with Crippen molar-refractivity contribution in [1.29, 1.82) is 0 Å². The summed E-state index contributed by atoms with van der Waals surface area (Å²) >= 11 is 1.32. The van der Waals surface area contributed by atoms with E-state index in [1.165, 1.54) is 18.4 Å². The highest BCUT2D eigenvalue weighted by molar-refractivity contribution is 7.15. The number of nitrogens with one attached hydrogen (secondary N) is 2. The Labute approximate surface area is 178 Å². The van der Waals surface area contributed by atoms with Gasteiger partial charge in [-0.15, -0.1) is 10.2 Å². The number of benzene rings is 2. The van der Waals surface area contributed by atoms with Crippen molar-refractivity contribution in [2.75, 3.05) is 26.1 Å². The van der Waals surface area contributed by atoms with Crippen molar-refractivity contribution in [1.82, 2.24) is 15.5 Å². The molecule has 0 saturated heterocycles. The first kappa shape index (κ1) is 21.3. The summed E-state index contributed by atoms with van der Waals surface area (Å²) in [6.45, 7) is 0.208. The molecule has 2 N–H and O–H groups in total. The highest BCUT2D eigenvalue weighted by atomic mass is 32.1. The molecule has 0 unspecified atom stereocenters. The van der Waals surface area contributed by atoms with Gasteiger partial charge in [0.15, 0.2) is 0 Å². The predicted molar refractivity (Wildman–Crippen MR) is 114 cm³/mol. The van der Waals surface area contributed by atoms with Crippen LogP contribution in [-0.4, -0.2) is 42.8 Å². The van der Waals surface area contributed by atoms with Crippen molar-refractivity contribution in [2.45, 2.75) is 12.8 Å². The summed E-state index contributed by atoms with van der Waals surface area (Å²) in [4.78, 5) is 24.3. The minimum atomic E-state index is -0.264. The molecule has 0 bridgehead atoms. The lowest BCUT2D eigenvalue weighted by molar-refractivity contribution is -0.116. The first-order valence-corrected chi connectivity index (χ1v) is 10.1. The number of hydrogen-bond acceptors (Lipinski definition) is 7. The average molecular weight is 426 g/mol. The highest BCUT2D eigenvalue weighted by Crippen LogP contribution is 2.20. The summed E-state index contributed by atoms with van der Waals surface area (Å²) in [6.07, 6.45) is 0.747. The van der Waals surface area contributed by atoms with Gasteiger partial charge in [-0.25, -0.2) is 0 Å². The average Bonchev–Trinajstić information content (AvgIpc) is 3.20. The van der Waals surface area contributed by atoms with Gasteiger partial charge >= 0.3 is 0 Å². The molecule has 0 fully saturated rings. The van der Waals surface area contributed by atoms with Crippen molar-refractivity contribution in [3.8, 4) is 11.5 Å². The SMILES string of the molecule is COc1ccc(Cc2nnc(NC(=O)CCNC(=O)c3cccc(OC)c3)s2)cc1. The van der Waals surface area contributed by atoms with Gasteiger partial charge in [-0.2, -0.15) is 0 Å². The third-order valence-electron chi connectivity index (χ3n) is 4.20. The molecule has 3 rings (SSSR count). The molecule has 8 nitrogen and oxygen atoms in total. The number of hydrogen-bond donors (Lipinski definition) is 2. The van der Waals surface area contributed by atoms with Crippen molar-refractivity contribution in [3.63, 3.8) is 0 Å². The second-order valence-corrected chi connectivity index (χ2v) is 7.37. The van der Waals surface area contributed by atoms with Crippen LogP contribution in [0.5, 0.6) is 11.5 Å². The normalized spacial score (nSPS) is 10.3. The fourth-order valence-electron chi connectivity index (χ4n) is 2.63. The van der Waals surface area contributed by atoms with E-state index in [-0.39, 0.29) is 24.8 Å². The number of rotatable bonds is 9. The minimum Gasteiger partial charge on any atom is -0.497 e. The zero-order valence-corrected chi connectivity index (χ0v) is 17.5. The van der Waals surface area contributed by atoms with Gasteiger partial charge in [0.2, 0.25) is 11.0 Å². The number of amides is 2. The van der Waals surface area contributed by atoms with Crippen molar-refractivity contribution in [2.24, 2.45) is 0 Å². The molecule has 0 saturated carbocycles. The maximum Gasteiger partial charge on any atom is 0.251 e. The minimum absolute atomic E-state index is 0.128. The number of anilines is 1. The van der Waals surface area contributed by atoms with E-state index in [0.717, 1.165) is 16.3 Å². The Morgan fingerprint density at radius 1 is 1.00 bits per heavy atom. The summed E-state index contributed by atoms with van der Waals surface area (Å²) in [5.74, 6) is 0.886. The van der Waals surface area contributed by atoms with Gasteiger partial charge in [0, 0.05) is 24.9 Å². The van der Waals surface area contributed by atoms with Crippen LogP contribution in [0.4, 0.5) is 5.13 Å². The summed E-state index contributed by atoms with van der Waals surface area (Å²) < 4.78 is 10.2. The van der Waals surface area contributed by atoms with E-state index >= 15 is 0 Å². The Hall–Kier alpha value is -3.46. The summed E-state index contributed by atoms with van der Waals surface area (Å²) in [5, 5.41) is 14.8. The molecule has 9 heteroatoms. The molecule has 0 radical (unpaired) electrons. The van der Waals surface area contributed by atoms with Gasteiger partial charge in [-0.3, -0.25) is 9.59 Å². The second-order valence-electron chi connectivity index (χ2n) is 6.31. The molecule has 2 aromatic carbocycles. The molecule has 156 valence electrons. The third kappa shape index (κ3) is 6.02. The van der Waals surface area contributed by atoms with Gasteiger partial charge in [0.25, 0.3) is 5.91 Å². The molecular formula is C21H22N4O4S. The molecule has 0 aliphatic heterocycles. The lowest BCUT2D eigenvalue weighted by Gasteiger charge is -2.06. The van der Waals surface area contributed by atoms with E-state index in [1.807, 2.05) is 24.3 Å². The zero-order valence-electron chi connectivity index (χ0n) is 16.7. The van der Waals surface area contributed by atoms with Crippen LogP contribution in [0.25, 0.3) is 0 Å². The largest absolute Gasteiger partial charge is 0.497 e. The van der Waals surface area contributed by atoms with E-state index in [4.69, 9.17) is 9.47 Å². The highest BCUT2D eigenvalue weighted by Gasteiger charge is 2.11. The smallest absolute Gasteiger partial charge is 0.251 e. The molecule has 3 aromatic rings. The van der Waals surface area contributed by atoms with E-state index in [0.29, 0.717) is 22.9 Å². The Kier molecular flexibility index (Phi) is 7.34. The lowest BCUT2D eigenvalue weighted by Crippen LogP contribution is -2.27. The monoisotopic (exact) mass is 426 g/mol. The maximum absolute atomic E-state index is 12.1. The van der Waals surface area contributed by atoms with Crippen LogP contribution < -0.4 is 20.1 Å². The summed E-state index contributed by atoms with van der Waals surface area (Å²) in [7, 11) is 3.16. The van der Waals surface area contributed by atoms with Crippen LogP contribution in [0.15, 0.2) is 48.5 Å². The molecule has 1 aromatic heterocycles. The maximum atomic E-state index is 12.1. The molecule has 0 aliphatic carbocycles. The molecule has 1 heterocycles. The fourth-order valence-corrected chi connectivity index (χ4v) is 3.42. The number of nitrogens with zero attached hydrogens (tertiary/aromatic N) is 2. The molecule has 0 aliphatic rings. The van der Waals surface area contributed by atoms with Crippen molar-refractivity contribution in [3.05, 3.63) is 64.7 Å². The first-order valence-electron chi connectivity index (χ1n) is 9.25. The van der Waals surface area contributed by atoms with Crippen molar-refractivity contribution >= 4 is 28.3 Å². The predicted octanol–water partition coefficient (Wildman–Crippen LogP) is 2.90. The number of aromatic nitrogens is 2. The lowest BCUT2D eigenvalue weighted by atomic mass is 10.1. The zero-order chi connectivity index (χ0) is 21.3. The van der Waals surface area contributed by atoms with Crippen LogP contribution >= 0.6 is 11.3 Å². The van der Waals surface area contributed by atoms with Gasteiger partial charge < -0.3 is 20.1 Å². The molecule has 0 spiro atoms. The Morgan fingerprint density at radius 3 is 2.50 bits per heavy atom. The number of methoxy groups -OCH3 is 2. The van der Waals surface area contributed by atoms with Crippen LogP contribution in [0.2, 0.25) is 0 Å². The Balaban J connectivity index is 1.44. The van der Waals surface area contributed by atoms with Crippen LogP contribution in [-0.2, 0) is 11.2 Å². The fraction of sp³-hybridized carbons (Fsp3) is 0.238. The topological polar surface area (TPSA) is 102 Å². The first-order chi connectivity index (χ1) is 14.6. The van der Waals surface area contributed by atoms with Crippen LogP contribution in [0.1, 0.15) is 27.3 Å². The molecule has 2 amide bonds. The molecule has 30 heavy (non-hydrogen) atoms. The Morgan fingerprint density at radius 2 is 1.77 bits per heavy atom. The van der Waals surface area contributed by atoms with E-state index in [9.17, 15) is 9.59 Å². The van der Waals surface area contributed by atoms with Gasteiger partial charge in [-0.05, 0) is 35.9 Å². The summed E-state index contributed by atoms with van der Waals surface area (Å²) in [6, 6.07) is 14.5. The quantitative estimate of drug-likeness (QED) is 0.545.